The lowest BCUT2D eigenvalue weighted by atomic mass is 10.0. The predicted molar refractivity (Wildman–Crippen MR) is 72.9 cm³/mol. The average molecular weight is 256 g/mol. The molecule has 2 fully saturated rings. The fourth-order valence-electron chi connectivity index (χ4n) is 2.79. The van der Waals surface area contributed by atoms with Crippen LogP contribution in [-0.4, -0.2) is 63.0 Å². The standard InChI is InChI=1S/C14H28N2O2/c1-12(2)10-16-5-3-13(4-6-16)15-9-14-11-17-7-8-18-14/h12-15H,3-11H2,1-2H3. The highest BCUT2D eigenvalue weighted by atomic mass is 16.6. The van der Waals surface area contributed by atoms with Crippen molar-refractivity contribution >= 4 is 0 Å². The van der Waals surface area contributed by atoms with Gasteiger partial charge >= 0.3 is 0 Å². The molecule has 0 saturated carbocycles. The van der Waals surface area contributed by atoms with E-state index in [-0.39, 0.29) is 6.10 Å². The number of hydrogen-bond acceptors (Lipinski definition) is 4. The summed E-state index contributed by atoms with van der Waals surface area (Å²) in [5.74, 6) is 0.780. The monoisotopic (exact) mass is 256 g/mol. The molecule has 1 N–H and O–H groups in total. The summed E-state index contributed by atoms with van der Waals surface area (Å²) in [6, 6.07) is 0.666. The normalized spacial score (nSPS) is 27.8. The van der Waals surface area contributed by atoms with Crippen LogP contribution in [-0.2, 0) is 9.47 Å². The van der Waals surface area contributed by atoms with Gasteiger partial charge in [0.1, 0.15) is 0 Å². The van der Waals surface area contributed by atoms with E-state index < -0.39 is 0 Å². The van der Waals surface area contributed by atoms with Gasteiger partial charge in [-0.2, -0.15) is 0 Å². The molecule has 0 bridgehead atoms. The zero-order valence-electron chi connectivity index (χ0n) is 11.9. The van der Waals surface area contributed by atoms with Crippen molar-refractivity contribution < 1.29 is 9.47 Å². The number of piperidine rings is 1. The SMILES string of the molecule is CC(C)CN1CCC(NCC2COCCO2)CC1. The Morgan fingerprint density at radius 3 is 2.61 bits per heavy atom. The molecule has 2 heterocycles. The van der Waals surface area contributed by atoms with E-state index >= 15 is 0 Å². The van der Waals surface area contributed by atoms with Gasteiger partial charge in [-0.05, 0) is 31.8 Å². The van der Waals surface area contributed by atoms with Crippen molar-refractivity contribution in [3.63, 3.8) is 0 Å². The van der Waals surface area contributed by atoms with E-state index in [4.69, 9.17) is 9.47 Å². The molecule has 2 saturated heterocycles. The lowest BCUT2D eigenvalue weighted by molar-refractivity contribution is -0.0874. The number of nitrogens with one attached hydrogen (secondary N) is 1. The second kappa shape index (κ2) is 7.43. The lowest BCUT2D eigenvalue weighted by Gasteiger charge is -2.34. The third-order valence-corrected chi connectivity index (χ3v) is 3.73. The molecule has 2 aliphatic rings. The summed E-state index contributed by atoms with van der Waals surface area (Å²) >= 11 is 0. The van der Waals surface area contributed by atoms with E-state index in [0.29, 0.717) is 6.04 Å². The minimum absolute atomic E-state index is 0.257. The van der Waals surface area contributed by atoms with E-state index in [9.17, 15) is 0 Å². The molecule has 18 heavy (non-hydrogen) atoms. The number of nitrogens with zero attached hydrogens (tertiary/aromatic N) is 1. The molecule has 4 heteroatoms. The second-order valence-electron chi connectivity index (χ2n) is 5.94. The summed E-state index contributed by atoms with van der Waals surface area (Å²) in [5.41, 5.74) is 0. The molecule has 0 aromatic heterocycles. The highest BCUT2D eigenvalue weighted by Gasteiger charge is 2.21. The van der Waals surface area contributed by atoms with Crippen molar-refractivity contribution in [2.45, 2.75) is 38.8 Å². The number of ether oxygens (including phenoxy) is 2. The first-order chi connectivity index (χ1) is 8.74. The lowest BCUT2D eigenvalue weighted by Crippen LogP contribution is -2.47. The minimum atomic E-state index is 0.257. The molecule has 2 aliphatic heterocycles. The third kappa shape index (κ3) is 4.84. The largest absolute Gasteiger partial charge is 0.376 e. The zero-order valence-corrected chi connectivity index (χ0v) is 11.9. The molecular weight excluding hydrogens is 228 g/mol. The Morgan fingerprint density at radius 2 is 2.00 bits per heavy atom. The average Bonchev–Trinajstić information content (AvgIpc) is 2.38. The van der Waals surface area contributed by atoms with Crippen LogP contribution in [0.4, 0.5) is 0 Å². The fourth-order valence-corrected chi connectivity index (χ4v) is 2.79. The van der Waals surface area contributed by atoms with Crippen LogP contribution in [0.3, 0.4) is 0 Å². The maximum atomic E-state index is 5.64. The van der Waals surface area contributed by atoms with Gasteiger partial charge in [0.2, 0.25) is 0 Å². The summed E-state index contributed by atoms with van der Waals surface area (Å²) in [6.45, 7) is 11.5. The van der Waals surface area contributed by atoms with Crippen LogP contribution >= 0.6 is 0 Å². The Labute approximate surface area is 111 Å². The third-order valence-electron chi connectivity index (χ3n) is 3.73. The topological polar surface area (TPSA) is 33.7 Å². The number of hydrogen-bond donors (Lipinski definition) is 1. The first-order valence-electron chi connectivity index (χ1n) is 7.39. The molecule has 0 amide bonds. The highest BCUT2D eigenvalue weighted by molar-refractivity contribution is 4.79. The van der Waals surface area contributed by atoms with Crippen LogP contribution < -0.4 is 5.32 Å². The smallest absolute Gasteiger partial charge is 0.0933 e. The molecule has 1 unspecified atom stereocenters. The van der Waals surface area contributed by atoms with Crippen LogP contribution in [0.1, 0.15) is 26.7 Å². The highest BCUT2D eigenvalue weighted by Crippen LogP contribution is 2.12. The van der Waals surface area contributed by atoms with Crippen molar-refractivity contribution in [2.75, 3.05) is 46.0 Å². The number of rotatable bonds is 5. The van der Waals surface area contributed by atoms with Crippen molar-refractivity contribution in [1.82, 2.24) is 10.2 Å². The van der Waals surface area contributed by atoms with Gasteiger partial charge in [-0.3, -0.25) is 0 Å². The van der Waals surface area contributed by atoms with E-state index in [0.717, 1.165) is 32.3 Å². The van der Waals surface area contributed by atoms with E-state index in [1.54, 1.807) is 0 Å². The van der Waals surface area contributed by atoms with Gasteiger partial charge in [0.05, 0.1) is 25.9 Å². The van der Waals surface area contributed by atoms with Gasteiger partial charge in [0, 0.05) is 19.1 Å². The Balaban J connectivity index is 1.58. The Morgan fingerprint density at radius 1 is 1.22 bits per heavy atom. The van der Waals surface area contributed by atoms with Gasteiger partial charge < -0.3 is 19.7 Å². The molecule has 1 atom stereocenters. The molecular formula is C14H28N2O2. The van der Waals surface area contributed by atoms with Crippen LogP contribution in [0.25, 0.3) is 0 Å². The minimum Gasteiger partial charge on any atom is -0.376 e. The van der Waals surface area contributed by atoms with Gasteiger partial charge in [-0.1, -0.05) is 13.8 Å². The van der Waals surface area contributed by atoms with Gasteiger partial charge in [0.15, 0.2) is 0 Å². The Hall–Kier alpha value is -0.160. The van der Waals surface area contributed by atoms with Crippen molar-refractivity contribution in [2.24, 2.45) is 5.92 Å². The Bertz CT molecular complexity index is 222. The maximum Gasteiger partial charge on any atom is 0.0933 e. The van der Waals surface area contributed by atoms with Crippen molar-refractivity contribution in [3.05, 3.63) is 0 Å². The van der Waals surface area contributed by atoms with E-state index in [1.807, 2.05) is 0 Å². The molecule has 0 radical (unpaired) electrons. The summed E-state index contributed by atoms with van der Waals surface area (Å²) in [7, 11) is 0. The van der Waals surface area contributed by atoms with Gasteiger partial charge in [-0.25, -0.2) is 0 Å². The molecule has 106 valence electrons. The number of likely N-dealkylation sites (tertiary alicyclic amines) is 1. The molecule has 0 aromatic carbocycles. The van der Waals surface area contributed by atoms with Crippen molar-refractivity contribution in [1.29, 1.82) is 0 Å². The molecule has 0 spiro atoms. The molecule has 2 rings (SSSR count). The van der Waals surface area contributed by atoms with Crippen LogP contribution in [0.15, 0.2) is 0 Å². The molecule has 0 aromatic rings. The van der Waals surface area contributed by atoms with Gasteiger partial charge in [-0.15, -0.1) is 0 Å². The van der Waals surface area contributed by atoms with Gasteiger partial charge in [0.25, 0.3) is 0 Å². The predicted octanol–water partition coefficient (Wildman–Crippen LogP) is 1.11. The van der Waals surface area contributed by atoms with E-state index in [2.05, 4.69) is 24.1 Å². The second-order valence-corrected chi connectivity index (χ2v) is 5.94. The fraction of sp³-hybridized carbons (Fsp3) is 1.00. The van der Waals surface area contributed by atoms with Crippen LogP contribution in [0, 0.1) is 5.92 Å². The van der Waals surface area contributed by atoms with Crippen LogP contribution in [0.5, 0.6) is 0 Å². The summed E-state index contributed by atoms with van der Waals surface area (Å²) in [6.07, 6.45) is 2.79. The molecule has 4 nitrogen and oxygen atoms in total. The Kier molecular flexibility index (Phi) is 5.89. The quantitative estimate of drug-likeness (QED) is 0.799. The summed E-state index contributed by atoms with van der Waals surface area (Å²) in [4.78, 5) is 2.59. The molecule has 0 aliphatic carbocycles. The zero-order chi connectivity index (χ0) is 12.8. The first-order valence-corrected chi connectivity index (χ1v) is 7.39. The van der Waals surface area contributed by atoms with E-state index in [1.165, 1.54) is 32.5 Å². The maximum absolute atomic E-state index is 5.64. The van der Waals surface area contributed by atoms with Crippen molar-refractivity contribution in [3.8, 4) is 0 Å². The summed E-state index contributed by atoms with van der Waals surface area (Å²) < 4.78 is 11.1. The van der Waals surface area contributed by atoms with Crippen LogP contribution in [0.2, 0.25) is 0 Å². The first kappa shape index (κ1) is 14.3. The summed E-state index contributed by atoms with van der Waals surface area (Å²) in [5, 5.41) is 3.63.